The van der Waals surface area contributed by atoms with Gasteiger partial charge in [-0.2, -0.15) is 5.10 Å². The van der Waals surface area contributed by atoms with Gasteiger partial charge in [0.25, 0.3) is 0 Å². The Morgan fingerprint density at radius 3 is 2.65 bits per heavy atom. The summed E-state index contributed by atoms with van der Waals surface area (Å²) in [5.41, 5.74) is 0. The zero-order valence-corrected chi connectivity index (χ0v) is 11.3. The summed E-state index contributed by atoms with van der Waals surface area (Å²) in [6, 6.07) is 0.299. The average Bonchev–Trinajstić information content (AvgIpc) is 2.71. The van der Waals surface area contributed by atoms with E-state index in [0.717, 1.165) is 31.8 Å². The third-order valence-electron chi connectivity index (χ3n) is 2.91. The first-order valence-corrected chi connectivity index (χ1v) is 6.40. The number of hydrogen-bond donors (Lipinski definition) is 1. The lowest BCUT2D eigenvalue weighted by Crippen LogP contribution is -2.43. The van der Waals surface area contributed by atoms with E-state index in [9.17, 15) is 0 Å². The molecule has 5 heteroatoms. The second kappa shape index (κ2) is 7.40. The van der Waals surface area contributed by atoms with Crippen LogP contribution in [0.1, 0.15) is 33.0 Å². The lowest BCUT2D eigenvalue weighted by molar-refractivity contribution is 0.0316. The van der Waals surface area contributed by atoms with Gasteiger partial charge in [-0.3, -0.25) is 4.68 Å². The molecule has 5 nitrogen and oxygen atoms in total. The quantitative estimate of drug-likeness (QED) is 0.740. The number of hydrogen-bond acceptors (Lipinski definition) is 4. The molecule has 0 aliphatic carbocycles. The molecular formula is C12H24N4O. The van der Waals surface area contributed by atoms with E-state index in [1.807, 2.05) is 18.7 Å². The monoisotopic (exact) mass is 240 g/mol. The minimum absolute atomic E-state index is 0.233. The van der Waals surface area contributed by atoms with Crippen LogP contribution < -0.4 is 5.32 Å². The molecule has 2 unspecified atom stereocenters. The largest absolute Gasteiger partial charge is 0.377 e. The maximum atomic E-state index is 5.77. The van der Waals surface area contributed by atoms with Crippen molar-refractivity contribution in [2.24, 2.45) is 7.05 Å². The topological polar surface area (TPSA) is 52.0 Å². The van der Waals surface area contributed by atoms with E-state index in [2.05, 4.69) is 29.2 Å². The number of nitrogens with one attached hydrogen (secondary N) is 1. The van der Waals surface area contributed by atoms with Gasteiger partial charge in [-0.1, -0.05) is 13.8 Å². The van der Waals surface area contributed by atoms with Crippen LogP contribution in [0.25, 0.3) is 0 Å². The highest BCUT2D eigenvalue weighted by Gasteiger charge is 2.21. The smallest absolute Gasteiger partial charge is 0.138 e. The van der Waals surface area contributed by atoms with E-state index >= 15 is 0 Å². The van der Waals surface area contributed by atoms with E-state index in [4.69, 9.17) is 4.74 Å². The van der Waals surface area contributed by atoms with Gasteiger partial charge in [-0.15, -0.1) is 0 Å². The predicted molar refractivity (Wildman–Crippen MR) is 67.9 cm³/mol. The Hall–Kier alpha value is -0.940. The minimum atomic E-state index is 0.233. The number of rotatable bonds is 8. The first kappa shape index (κ1) is 14.1. The van der Waals surface area contributed by atoms with E-state index < -0.39 is 0 Å². The maximum absolute atomic E-state index is 5.77. The molecule has 0 fully saturated rings. The van der Waals surface area contributed by atoms with Crippen molar-refractivity contribution in [3.63, 3.8) is 0 Å². The summed E-state index contributed by atoms with van der Waals surface area (Å²) in [5.74, 6) is 0.995. The molecule has 0 radical (unpaired) electrons. The van der Waals surface area contributed by atoms with E-state index in [1.54, 1.807) is 6.33 Å². The van der Waals surface area contributed by atoms with Crippen LogP contribution in [0.15, 0.2) is 6.33 Å². The zero-order valence-electron chi connectivity index (χ0n) is 11.3. The SMILES string of the molecule is CCNC(Cc1ncnn1C)C(CC)OCC. The Labute approximate surface area is 104 Å². The fourth-order valence-corrected chi connectivity index (χ4v) is 2.03. The first-order chi connectivity index (χ1) is 8.22. The normalized spacial score (nSPS) is 14.8. The summed E-state index contributed by atoms with van der Waals surface area (Å²) in [5, 5.41) is 7.58. The molecule has 17 heavy (non-hydrogen) atoms. The molecular weight excluding hydrogens is 216 g/mol. The highest BCUT2D eigenvalue weighted by atomic mass is 16.5. The average molecular weight is 240 g/mol. The second-order valence-corrected chi connectivity index (χ2v) is 4.07. The summed E-state index contributed by atoms with van der Waals surface area (Å²) in [4.78, 5) is 4.27. The van der Waals surface area contributed by atoms with Gasteiger partial charge < -0.3 is 10.1 Å². The molecule has 1 aromatic rings. The van der Waals surface area contributed by atoms with Crippen molar-refractivity contribution in [1.82, 2.24) is 20.1 Å². The van der Waals surface area contributed by atoms with Crippen LogP contribution in [0, 0.1) is 0 Å². The summed E-state index contributed by atoms with van der Waals surface area (Å²) < 4.78 is 7.60. The molecule has 0 amide bonds. The first-order valence-electron chi connectivity index (χ1n) is 6.40. The van der Waals surface area contributed by atoms with E-state index in [0.29, 0.717) is 6.04 Å². The highest BCUT2D eigenvalue weighted by molar-refractivity contribution is 4.92. The van der Waals surface area contributed by atoms with Gasteiger partial charge in [0.2, 0.25) is 0 Å². The zero-order chi connectivity index (χ0) is 12.7. The van der Waals surface area contributed by atoms with Crippen LogP contribution >= 0.6 is 0 Å². The number of aromatic nitrogens is 3. The number of aryl methyl sites for hydroxylation is 1. The molecule has 1 rings (SSSR count). The third-order valence-corrected chi connectivity index (χ3v) is 2.91. The van der Waals surface area contributed by atoms with Crippen LogP contribution in [-0.2, 0) is 18.2 Å². The van der Waals surface area contributed by atoms with Crippen LogP contribution in [0.3, 0.4) is 0 Å². The molecule has 0 spiro atoms. The standard InChI is InChI=1S/C12H24N4O/c1-5-11(17-7-3)10(13-6-2)8-12-14-9-15-16(12)4/h9-11,13H,5-8H2,1-4H3. The number of ether oxygens (including phenoxy) is 1. The molecule has 98 valence electrons. The molecule has 2 atom stereocenters. The van der Waals surface area contributed by atoms with Crippen molar-refractivity contribution in [1.29, 1.82) is 0 Å². The summed E-state index contributed by atoms with van der Waals surface area (Å²) >= 11 is 0. The fourth-order valence-electron chi connectivity index (χ4n) is 2.03. The summed E-state index contributed by atoms with van der Waals surface area (Å²) in [6.45, 7) is 7.99. The lowest BCUT2D eigenvalue weighted by atomic mass is 10.0. The molecule has 0 aliphatic rings. The Morgan fingerprint density at radius 2 is 2.18 bits per heavy atom. The van der Waals surface area contributed by atoms with Gasteiger partial charge in [-0.25, -0.2) is 4.98 Å². The molecule has 0 aromatic carbocycles. The van der Waals surface area contributed by atoms with Gasteiger partial charge in [0.05, 0.1) is 6.10 Å². The molecule has 0 bridgehead atoms. The minimum Gasteiger partial charge on any atom is -0.377 e. The van der Waals surface area contributed by atoms with E-state index in [-0.39, 0.29) is 6.10 Å². The molecule has 0 aliphatic heterocycles. The Kier molecular flexibility index (Phi) is 6.15. The predicted octanol–water partition coefficient (Wildman–Crippen LogP) is 1.15. The van der Waals surface area contributed by atoms with Crippen molar-refractivity contribution in [2.45, 2.75) is 45.8 Å². The molecule has 0 saturated carbocycles. The summed E-state index contributed by atoms with van der Waals surface area (Å²) in [6.07, 6.45) is 3.68. The Balaban J connectivity index is 2.67. The van der Waals surface area contributed by atoms with Gasteiger partial charge in [0.15, 0.2) is 0 Å². The fraction of sp³-hybridized carbons (Fsp3) is 0.833. The van der Waals surface area contributed by atoms with Crippen LogP contribution in [-0.4, -0.2) is 40.1 Å². The van der Waals surface area contributed by atoms with Crippen LogP contribution in [0.4, 0.5) is 0 Å². The highest BCUT2D eigenvalue weighted by Crippen LogP contribution is 2.09. The number of nitrogens with zero attached hydrogens (tertiary/aromatic N) is 3. The third kappa shape index (κ3) is 4.09. The van der Waals surface area contributed by atoms with Gasteiger partial charge in [-0.05, 0) is 19.9 Å². The molecule has 1 N–H and O–H groups in total. The summed E-state index contributed by atoms with van der Waals surface area (Å²) in [7, 11) is 1.92. The van der Waals surface area contributed by atoms with Crippen molar-refractivity contribution in [3.8, 4) is 0 Å². The van der Waals surface area contributed by atoms with Gasteiger partial charge in [0.1, 0.15) is 12.2 Å². The number of likely N-dealkylation sites (N-methyl/N-ethyl adjacent to an activating group) is 1. The molecule has 0 saturated heterocycles. The van der Waals surface area contributed by atoms with Gasteiger partial charge in [0, 0.05) is 26.1 Å². The van der Waals surface area contributed by atoms with Crippen LogP contribution in [0.5, 0.6) is 0 Å². The van der Waals surface area contributed by atoms with Crippen molar-refractivity contribution in [3.05, 3.63) is 12.2 Å². The maximum Gasteiger partial charge on any atom is 0.138 e. The van der Waals surface area contributed by atoms with Crippen molar-refractivity contribution in [2.75, 3.05) is 13.2 Å². The molecule has 1 heterocycles. The van der Waals surface area contributed by atoms with Crippen molar-refractivity contribution >= 4 is 0 Å². The van der Waals surface area contributed by atoms with Crippen LogP contribution in [0.2, 0.25) is 0 Å². The lowest BCUT2D eigenvalue weighted by Gasteiger charge is -2.26. The van der Waals surface area contributed by atoms with E-state index in [1.165, 1.54) is 0 Å². The van der Waals surface area contributed by atoms with Crippen molar-refractivity contribution < 1.29 is 4.74 Å². The molecule has 1 aromatic heterocycles. The Bertz CT molecular complexity index is 313. The Morgan fingerprint density at radius 1 is 1.41 bits per heavy atom. The second-order valence-electron chi connectivity index (χ2n) is 4.07. The van der Waals surface area contributed by atoms with Gasteiger partial charge >= 0.3 is 0 Å².